The summed E-state index contributed by atoms with van der Waals surface area (Å²) in [6, 6.07) is 0. The van der Waals surface area contributed by atoms with Crippen LogP contribution in [-0.4, -0.2) is 35.3 Å². The van der Waals surface area contributed by atoms with Crippen molar-refractivity contribution in [3.05, 3.63) is 0 Å². The summed E-state index contributed by atoms with van der Waals surface area (Å²) in [5, 5.41) is 16.9. The topological polar surface area (TPSA) is 66.8 Å². The van der Waals surface area contributed by atoms with Crippen LogP contribution in [0, 0.1) is 0 Å². The molecule has 0 spiro atoms. The molecule has 0 aliphatic rings. The first-order valence-corrected chi connectivity index (χ1v) is 2.76. The maximum atomic E-state index is 11.2. The second kappa shape index (κ2) is 5.28. The first-order valence-electron chi connectivity index (χ1n) is 2.76. The molecule has 0 aliphatic carbocycles. The van der Waals surface area contributed by atoms with Crippen LogP contribution in [0.3, 0.4) is 0 Å². The van der Waals surface area contributed by atoms with Crippen molar-refractivity contribution < 1.29 is 24.5 Å². The summed E-state index contributed by atoms with van der Waals surface area (Å²) in [6.45, 7) is -0.506. The van der Waals surface area contributed by atoms with E-state index in [2.05, 4.69) is 4.94 Å². The molecule has 0 heterocycles. The van der Waals surface area contributed by atoms with Gasteiger partial charge in [0.15, 0.2) is 12.4 Å². The third kappa shape index (κ3) is 3.49. The van der Waals surface area contributed by atoms with Gasteiger partial charge >= 0.3 is 0 Å². The summed E-state index contributed by atoms with van der Waals surface area (Å²) in [6.07, 6.45) is -2.39. The van der Waals surface area contributed by atoms with E-state index in [4.69, 9.17) is 10.2 Å². The molecule has 2 unspecified atom stereocenters. The standard InChI is InChI=1S/C5H9FO4/c6-10-5(3-8)1-4(9)2-7/h3-5,7,9H,1-2H2. The Hall–Kier alpha value is -0.520. The fourth-order valence-corrected chi connectivity index (χ4v) is 0.456. The predicted octanol–water partition coefficient (Wildman–Crippen LogP) is -0.802. The van der Waals surface area contributed by atoms with Gasteiger partial charge < -0.3 is 15.0 Å². The van der Waals surface area contributed by atoms with Crippen LogP contribution in [0.15, 0.2) is 0 Å². The number of aliphatic hydroxyl groups excluding tert-OH is 2. The summed E-state index contributed by atoms with van der Waals surface area (Å²) in [5.74, 6) is 0. The van der Waals surface area contributed by atoms with E-state index in [1.807, 2.05) is 0 Å². The highest BCUT2D eigenvalue weighted by molar-refractivity contribution is 5.55. The smallest absolute Gasteiger partial charge is 0.156 e. The van der Waals surface area contributed by atoms with Crippen molar-refractivity contribution in [3.8, 4) is 0 Å². The summed E-state index contributed by atoms with van der Waals surface area (Å²) < 4.78 is 11.2. The van der Waals surface area contributed by atoms with Crippen LogP contribution in [0.2, 0.25) is 0 Å². The molecular weight excluding hydrogens is 143 g/mol. The van der Waals surface area contributed by atoms with Crippen molar-refractivity contribution in [2.75, 3.05) is 6.61 Å². The molecule has 10 heavy (non-hydrogen) atoms. The van der Waals surface area contributed by atoms with E-state index in [0.29, 0.717) is 0 Å². The Balaban J connectivity index is 3.51. The Labute approximate surface area is 57.1 Å². The second-order valence-corrected chi connectivity index (χ2v) is 1.84. The molecule has 0 fully saturated rings. The lowest BCUT2D eigenvalue weighted by atomic mass is 10.2. The zero-order chi connectivity index (χ0) is 7.98. The molecule has 0 bridgehead atoms. The average Bonchev–Trinajstić information content (AvgIpc) is 1.99. The lowest BCUT2D eigenvalue weighted by Gasteiger charge is -2.07. The van der Waals surface area contributed by atoms with Gasteiger partial charge in [0.2, 0.25) is 0 Å². The van der Waals surface area contributed by atoms with Crippen molar-refractivity contribution >= 4 is 6.29 Å². The number of rotatable bonds is 5. The Kier molecular flexibility index (Phi) is 5.00. The minimum absolute atomic E-state index is 0.221. The van der Waals surface area contributed by atoms with Crippen molar-refractivity contribution in [2.24, 2.45) is 0 Å². The number of hydrogen-bond acceptors (Lipinski definition) is 4. The number of hydrogen-bond donors (Lipinski definition) is 2. The Morgan fingerprint density at radius 2 is 2.30 bits per heavy atom. The molecule has 0 aliphatic heterocycles. The number of carbonyl (C=O) groups excluding carboxylic acids is 1. The van der Waals surface area contributed by atoms with Crippen molar-refractivity contribution in [1.29, 1.82) is 0 Å². The number of carbonyl (C=O) groups is 1. The highest BCUT2D eigenvalue weighted by Crippen LogP contribution is 1.99. The maximum Gasteiger partial charge on any atom is 0.156 e. The van der Waals surface area contributed by atoms with Gasteiger partial charge in [-0.05, 0) is 4.53 Å². The molecule has 0 saturated carbocycles. The highest BCUT2D eigenvalue weighted by Gasteiger charge is 2.13. The van der Waals surface area contributed by atoms with Crippen LogP contribution >= 0.6 is 0 Å². The van der Waals surface area contributed by atoms with Crippen LogP contribution in [0.4, 0.5) is 4.53 Å². The molecule has 0 aromatic rings. The third-order valence-corrected chi connectivity index (χ3v) is 0.981. The SMILES string of the molecule is O=CC(CC(O)CO)OF. The van der Waals surface area contributed by atoms with E-state index >= 15 is 0 Å². The maximum absolute atomic E-state index is 11.2. The van der Waals surface area contributed by atoms with Crippen LogP contribution in [0.1, 0.15) is 6.42 Å². The van der Waals surface area contributed by atoms with E-state index in [9.17, 15) is 9.32 Å². The fraction of sp³-hybridized carbons (Fsp3) is 0.800. The molecule has 0 aromatic heterocycles. The van der Waals surface area contributed by atoms with E-state index in [1.54, 1.807) is 0 Å². The van der Waals surface area contributed by atoms with Gasteiger partial charge in [0.25, 0.3) is 0 Å². The molecule has 0 aromatic carbocycles. The molecule has 2 atom stereocenters. The Morgan fingerprint density at radius 3 is 2.60 bits per heavy atom. The van der Waals surface area contributed by atoms with Crippen LogP contribution < -0.4 is 0 Å². The van der Waals surface area contributed by atoms with Gasteiger partial charge in [0, 0.05) is 6.42 Å². The fourth-order valence-electron chi connectivity index (χ4n) is 0.456. The largest absolute Gasteiger partial charge is 0.394 e. The Bertz CT molecular complexity index is 97.6. The molecule has 2 N–H and O–H groups in total. The monoisotopic (exact) mass is 152 g/mol. The zero-order valence-corrected chi connectivity index (χ0v) is 5.24. The molecule has 0 radical (unpaired) electrons. The average molecular weight is 152 g/mol. The molecular formula is C5H9FO4. The van der Waals surface area contributed by atoms with E-state index in [-0.39, 0.29) is 12.7 Å². The van der Waals surface area contributed by atoms with Gasteiger partial charge in [-0.15, -0.1) is 0 Å². The van der Waals surface area contributed by atoms with Crippen LogP contribution in [0.25, 0.3) is 0 Å². The number of aliphatic hydroxyl groups is 2. The Morgan fingerprint density at radius 1 is 1.70 bits per heavy atom. The van der Waals surface area contributed by atoms with Crippen molar-refractivity contribution in [1.82, 2.24) is 0 Å². The molecule has 4 nitrogen and oxygen atoms in total. The normalized spacial score (nSPS) is 16.3. The van der Waals surface area contributed by atoms with E-state index in [1.165, 1.54) is 0 Å². The molecule has 5 heteroatoms. The summed E-state index contributed by atoms with van der Waals surface area (Å²) in [5.41, 5.74) is 0. The summed E-state index contributed by atoms with van der Waals surface area (Å²) in [4.78, 5) is 13.0. The van der Waals surface area contributed by atoms with Gasteiger partial charge in [-0.3, -0.25) is 0 Å². The first kappa shape index (κ1) is 9.48. The zero-order valence-electron chi connectivity index (χ0n) is 5.24. The number of aldehydes is 1. The molecule has 0 saturated heterocycles. The van der Waals surface area contributed by atoms with Gasteiger partial charge in [-0.1, -0.05) is 0 Å². The minimum Gasteiger partial charge on any atom is -0.394 e. The van der Waals surface area contributed by atoms with E-state index in [0.717, 1.165) is 0 Å². The minimum atomic E-state index is -1.28. The molecule has 60 valence electrons. The summed E-state index contributed by atoms with van der Waals surface area (Å²) >= 11 is 0. The number of halogens is 1. The highest BCUT2D eigenvalue weighted by atomic mass is 19.3. The van der Waals surface area contributed by atoms with Crippen LogP contribution in [0.5, 0.6) is 0 Å². The van der Waals surface area contributed by atoms with Crippen molar-refractivity contribution in [2.45, 2.75) is 18.6 Å². The van der Waals surface area contributed by atoms with Gasteiger partial charge in [-0.2, -0.15) is 4.94 Å². The van der Waals surface area contributed by atoms with Crippen LogP contribution in [-0.2, 0) is 9.74 Å². The first-order chi connectivity index (χ1) is 4.74. The third-order valence-electron chi connectivity index (χ3n) is 0.981. The predicted molar refractivity (Wildman–Crippen MR) is 29.8 cm³/mol. The van der Waals surface area contributed by atoms with Gasteiger partial charge in [-0.25, -0.2) is 0 Å². The lowest BCUT2D eigenvalue weighted by molar-refractivity contribution is -0.185. The molecule has 0 amide bonds. The second-order valence-electron chi connectivity index (χ2n) is 1.84. The molecule has 0 rings (SSSR count). The summed E-state index contributed by atoms with van der Waals surface area (Å²) in [7, 11) is 0. The van der Waals surface area contributed by atoms with Crippen molar-refractivity contribution in [3.63, 3.8) is 0 Å². The quantitative estimate of drug-likeness (QED) is 0.506. The van der Waals surface area contributed by atoms with Gasteiger partial charge in [0.1, 0.15) is 0 Å². The lowest BCUT2D eigenvalue weighted by Crippen LogP contribution is -2.22. The van der Waals surface area contributed by atoms with E-state index < -0.39 is 18.8 Å². The van der Waals surface area contributed by atoms with Gasteiger partial charge in [0.05, 0.1) is 12.7 Å².